The Morgan fingerprint density at radius 2 is 2.22 bits per heavy atom. The van der Waals surface area contributed by atoms with Gasteiger partial charge in [-0.15, -0.1) is 0 Å². The maximum atomic E-state index is 13.1. The second kappa shape index (κ2) is 5.22. The number of benzene rings is 1. The van der Waals surface area contributed by atoms with Crippen LogP contribution in [0.3, 0.4) is 0 Å². The van der Waals surface area contributed by atoms with E-state index in [1.54, 1.807) is 6.07 Å². The number of nitrogens with zero attached hydrogens (tertiary/aromatic N) is 1. The number of rotatable bonds is 3. The number of thioether (sulfide) groups is 1. The summed E-state index contributed by atoms with van der Waals surface area (Å²) in [5, 5.41) is 0.434. The Kier molecular flexibility index (Phi) is 3.66. The largest absolute Gasteiger partial charge is 0.383 e. The van der Waals surface area contributed by atoms with E-state index in [0.29, 0.717) is 10.9 Å². The summed E-state index contributed by atoms with van der Waals surface area (Å²) in [4.78, 5) is 17.8. The molecule has 1 aromatic carbocycles. The standard InChI is InChI=1S/C12H12FN3OS/c1-7-2-3-9(13)4-8(7)6-18-12-15-10(14)5-11(17)16-12/h2-5H,6H2,1H3,(H3,14,15,16,17). The number of nitrogen functional groups attached to an aromatic ring is 1. The molecule has 2 rings (SSSR count). The molecule has 6 heteroatoms. The molecule has 1 heterocycles. The van der Waals surface area contributed by atoms with Gasteiger partial charge in [-0.05, 0) is 30.2 Å². The van der Waals surface area contributed by atoms with E-state index in [9.17, 15) is 9.18 Å². The number of hydrogen-bond acceptors (Lipinski definition) is 4. The molecule has 0 aliphatic rings. The molecule has 0 aliphatic heterocycles. The number of hydrogen-bond donors (Lipinski definition) is 2. The third-order valence-electron chi connectivity index (χ3n) is 2.42. The summed E-state index contributed by atoms with van der Waals surface area (Å²) in [6.45, 7) is 1.91. The van der Waals surface area contributed by atoms with Crippen molar-refractivity contribution in [1.29, 1.82) is 0 Å². The molecular formula is C12H12FN3OS. The van der Waals surface area contributed by atoms with Crippen molar-refractivity contribution < 1.29 is 4.39 Å². The molecule has 1 aromatic heterocycles. The van der Waals surface area contributed by atoms with Crippen LogP contribution in [0.5, 0.6) is 0 Å². The number of aromatic amines is 1. The van der Waals surface area contributed by atoms with E-state index in [4.69, 9.17) is 5.73 Å². The molecule has 0 saturated carbocycles. The molecule has 0 spiro atoms. The third-order valence-corrected chi connectivity index (χ3v) is 3.34. The van der Waals surface area contributed by atoms with E-state index < -0.39 is 0 Å². The Balaban J connectivity index is 2.16. The topological polar surface area (TPSA) is 71.8 Å². The summed E-state index contributed by atoms with van der Waals surface area (Å²) < 4.78 is 13.1. The first-order chi connectivity index (χ1) is 8.54. The molecule has 94 valence electrons. The molecule has 0 fully saturated rings. The Labute approximate surface area is 107 Å². The maximum Gasteiger partial charge on any atom is 0.253 e. The lowest BCUT2D eigenvalue weighted by atomic mass is 10.1. The zero-order chi connectivity index (χ0) is 13.1. The highest BCUT2D eigenvalue weighted by Gasteiger charge is 2.04. The smallest absolute Gasteiger partial charge is 0.253 e. The van der Waals surface area contributed by atoms with Crippen molar-refractivity contribution in [1.82, 2.24) is 9.97 Å². The van der Waals surface area contributed by atoms with Crippen LogP contribution in [0.25, 0.3) is 0 Å². The minimum absolute atomic E-state index is 0.178. The van der Waals surface area contributed by atoms with Gasteiger partial charge in [0.05, 0.1) is 0 Å². The Bertz CT molecular complexity index is 627. The van der Waals surface area contributed by atoms with Gasteiger partial charge in [0.2, 0.25) is 0 Å². The van der Waals surface area contributed by atoms with Crippen molar-refractivity contribution >= 4 is 17.6 Å². The number of H-pyrrole nitrogens is 1. The van der Waals surface area contributed by atoms with Crippen LogP contribution in [0.1, 0.15) is 11.1 Å². The molecule has 18 heavy (non-hydrogen) atoms. The highest BCUT2D eigenvalue weighted by molar-refractivity contribution is 7.98. The molecule has 0 bridgehead atoms. The normalized spacial score (nSPS) is 10.6. The number of halogens is 1. The Hall–Kier alpha value is -1.82. The molecule has 2 aromatic rings. The number of aromatic nitrogens is 2. The van der Waals surface area contributed by atoms with Crippen LogP contribution >= 0.6 is 11.8 Å². The van der Waals surface area contributed by atoms with Crippen molar-refractivity contribution in [3.05, 3.63) is 51.6 Å². The molecule has 0 aliphatic carbocycles. The lowest BCUT2D eigenvalue weighted by molar-refractivity contribution is 0.626. The molecule has 0 amide bonds. The molecule has 0 unspecified atom stereocenters. The van der Waals surface area contributed by atoms with Gasteiger partial charge >= 0.3 is 0 Å². The van der Waals surface area contributed by atoms with Crippen molar-refractivity contribution in [2.24, 2.45) is 0 Å². The minimum atomic E-state index is -0.291. The van der Waals surface area contributed by atoms with E-state index >= 15 is 0 Å². The van der Waals surface area contributed by atoms with Crippen LogP contribution in [0.2, 0.25) is 0 Å². The predicted octanol–water partition coefficient (Wildman–Crippen LogP) is 2.09. The fourth-order valence-corrected chi connectivity index (χ4v) is 2.41. The highest BCUT2D eigenvalue weighted by atomic mass is 32.2. The summed E-state index contributed by atoms with van der Waals surface area (Å²) in [5.74, 6) is 0.429. The average Bonchev–Trinajstić information content (AvgIpc) is 2.29. The van der Waals surface area contributed by atoms with Crippen molar-refractivity contribution in [2.75, 3.05) is 5.73 Å². The number of nitrogens with one attached hydrogen (secondary N) is 1. The third kappa shape index (κ3) is 3.10. The average molecular weight is 265 g/mol. The second-order valence-corrected chi connectivity index (χ2v) is 4.80. The van der Waals surface area contributed by atoms with Gasteiger partial charge in [0.15, 0.2) is 5.16 Å². The highest BCUT2D eigenvalue weighted by Crippen LogP contribution is 2.21. The van der Waals surface area contributed by atoms with Gasteiger partial charge in [0, 0.05) is 11.8 Å². The fourth-order valence-electron chi connectivity index (χ4n) is 1.46. The first kappa shape index (κ1) is 12.6. The molecule has 0 saturated heterocycles. The Morgan fingerprint density at radius 1 is 1.44 bits per heavy atom. The van der Waals surface area contributed by atoms with E-state index in [-0.39, 0.29) is 17.2 Å². The summed E-state index contributed by atoms with van der Waals surface area (Å²) >= 11 is 1.31. The van der Waals surface area contributed by atoms with Crippen LogP contribution in [0.15, 0.2) is 34.2 Å². The van der Waals surface area contributed by atoms with E-state index in [0.717, 1.165) is 11.1 Å². The molecule has 4 nitrogen and oxygen atoms in total. The van der Waals surface area contributed by atoms with Crippen LogP contribution in [-0.4, -0.2) is 9.97 Å². The van der Waals surface area contributed by atoms with Gasteiger partial charge in [-0.2, -0.15) is 0 Å². The van der Waals surface area contributed by atoms with Crippen LogP contribution in [0, 0.1) is 12.7 Å². The maximum absolute atomic E-state index is 13.1. The predicted molar refractivity (Wildman–Crippen MR) is 70.0 cm³/mol. The lowest BCUT2D eigenvalue weighted by Gasteiger charge is -2.05. The number of aryl methyl sites for hydroxylation is 1. The van der Waals surface area contributed by atoms with Gasteiger partial charge in [0.25, 0.3) is 5.56 Å². The molecular weight excluding hydrogens is 253 g/mol. The summed E-state index contributed by atoms with van der Waals surface area (Å²) in [6, 6.07) is 5.84. The zero-order valence-electron chi connectivity index (χ0n) is 9.74. The molecule has 0 radical (unpaired) electrons. The number of anilines is 1. The minimum Gasteiger partial charge on any atom is -0.383 e. The van der Waals surface area contributed by atoms with Gasteiger partial charge in [-0.1, -0.05) is 17.8 Å². The molecule has 0 atom stereocenters. The fraction of sp³-hybridized carbons (Fsp3) is 0.167. The van der Waals surface area contributed by atoms with Crippen LogP contribution in [-0.2, 0) is 5.75 Å². The summed E-state index contributed by atoms with van der Waals surface area (Å²) in [5.41, 5.74) is 7.05. The summed E-state index contributed by atoms with van der Waals surface area (Å²) in [7, 11) is 0. The van der Waals surface area contributed by atoms with Gasteiger partial charge in [-0.25, -0.2) is 9.37 Å². The van der Waals surface area contributed by atoms with Crippen LogP contribution in [0.4, 0.5) is 10.2 Å². The zero-order valence-corrected chi connectivity index (χ0v) is 10.6. The first-order valence-corrected chi connectivity index (χ1v) is 6.28. The summed E-state index contributed by atoms with van der Waals surface area (Å²) in [6.07, 6.45) is 0. The molecule has 3 N–H and O–H groups in total. The first-order valence-electron chi connectivity index (χ1n) is 5.29. The Morgan fingerprint density at radius 3 is 2.94 bits per heavy atom. The van der Waals surface area contributed by atoms with Gasteiger partial charge in [0.1, 0.15) is 11.6 Å². The van der Waals surface area contributed by atoms with E-state index in [1.807, 2.05) is 6.92 Å². The lowest BCUT2D eigenvalue weighted by Crippen LogP contribution is -2.09. The van der Waals surface area contributed by atoms with Gasteiger partial charge in [-0.3, -0.25) is 4.79 Å². The van der Waals surface area contributed by atoms with Crippen molar-refractivity contribution in [3.63, 3.8) is 0 Å². The SMILES string of the molecule is Cc1ccc(F)cc1CSc1nc(N)cc(=O)[nH]1. The number of nitrogens with two attached hydrogens (primary N) is 1. The van der Waals surface area contributed by atoms with Gasteiger partial charge < -0.3 is 10.7 Å². The second-order valence-electron chi connectivity index (χ2n) is 3.83. The quantitative estimate of drug-likeness (QED) is 0.658. The van der Waals surface area contributed by atoms with Crippen molar-refractivity contribution in [2.45, 2.75) is 17.8 Å². The van der Waals surface area contributed by atoms with Crippen LogP contribution < -0.4 is 11.3 Å². The monoisotopic (exact) mass is 265 g/mol. The van der Waals surface area contributed by atoms with Crippen molar-refractivity contribution in [3.8, 4) is 0 Å². The van der Waals surface area contributed by atoms with E-state index in [2.05, 4.69) is 9.97 Å². The van der Waals surface area contributed by atoms with E-state index in [1.165, 1.54) is 30.0 Å².